The molecule has 42 heavy (non-hydrogen) atoms. The van der Waals surface area contributed by atoms with Crippen molar-refractivity contribution in [3.05, 3.63) is 107 Å². The molecule has 5 rings (SSSR count). The minimum absolute atomic E-state index is 0.0203. The quantitative estimate of drug-likeness (QED) is 0.346. The zero-order valence-corrected chi connectivity index (χ0v) is 24.1. The average molecular weight is 574 g/mol. The van der Waals surface area contributed by atoms with Crippen LogP contribution in [0.2, 0.25) is 0 Å². The van der Waals surface area contributed by atoms with Crippen LogP contribution in [0.1, 0.15) is 36.5 Å². The smallest absolute Gasteiger partial charge is 0.251 e. The lowest BCUT2D eigenvalue weighted by molar-refractivity contribution is -0.132. The minimum atomic E-state index is -0.580. The lowest BCUT2D eigenvalue weighted by atomic mass is 9.82. The summed E-state index contributed by atoms with van der Waals surface area (Å²) in [5, 5.41) is 3.60. The molecule has 8 heteroatoms. The van der Waals surface area contributed by atoms with Gasteiger partial charge in [0.15, 0.2) is 11.6 Å². The van der Waals surface area contributed by atoms with Crippen LogP contribution in [-0.2, 0) is 22.4 Å². The van der Waals surface area contributed by atoms with Gasteiger partial charge in [-0.1, -0.05) is 54.6 Å². The van der Waals surface area contributed by atoms with Crippen molar-refractivity contribution in [2.45, 2.75) is 44.7 Å². The zero-order chi connectivity index (χ0) is 29.6. The summed E-state index contributed by atoms with van der Waals surface area (Å²) >= 11 is 0. The third kappa shape index (κ3) is 7.05. The summed E-state index contributed by atoms with van der Waals surface area (Å²) in [5.74, 6) is -1.19. The van der Waals surface area contributed by atoms with Crippen molar-refractivity contribution in [3.8, 4) is 5.75 Å². The van der Waals surface area contributed by atoms with Gasteiger partial charge in [-0.05, 0) is 60.1 Å². The number of rotatable bonds is 10. The van der Waals surface area contributed by atoms with Gasteiger partial charge in [-0.2, -0.15) is 0 Å². The van der Waals surface area contributed by atoms with Crippen LogP contribution < -0.4 is 10.1 Å². The highest BCUT2D eigenvalue weighted by atomic mass is 19.1. The second-order valence-corrected chi connectivity index (χ2v) is 11.1. The summed E-state index contributed by atoms with van der Waals surface area (Å²) < 4.78 is 32.6. The molecule has 0 spiro atoms. The van der Waals surface area contributed by atoms with E-state index in [0.717, 1.165) is 46.9 Å². The molecule has 0 saturated carbocycles. The molecule has 1 saturated heterocycles. The number of likely N-dealkylation sites (N-methyl/N-ethyl adjacent to an activating group) is 1. The Kier molecular flexibility index (Phi) is 9.32. The first kappa shape index (κ1) is 29.5. The number of halogens is 2. The van der Waals surface area contributed by atoms with Crippen molar-refractivity contribution in [2.75, 3.05) is 33.3 Å². The Morgan fingerprint density at radius 1 is 0.976 bits per heavy atom. The highest BCUT2D eigenvalue weighted by molar-refractivity contribution is 6.03. The first-order valence-electron chi connectivity index (χ1n) is 14.5. The molecule has 0 aromatic heterocycles. The number of nitrogens with zero attached hydrogens (tertiary/aromatic N) is 2. The largest absolute Gasteiger partial charge is 0.490 e. The van der Waals surface area contributed by atoms with E-state index in [1.54, 1.807) is 11.8 Å². The molecule has 2 bridgehead atoms. The van der Waals surface area contributed by atoms with Crippen molar-refractivity contribution < 1.29 is 23.1 Å². The summed E-state index contributed by atoms with van der Waals surface area (Å²) in [6.07, 6.45) is 2.77. The summed E-state index contributed by atoms with van der Waals surface area (Å²) in [6, 6.07) is 21.3. The Hall–Kier alpha value is -4.04. The molecule has 2 atom stereocenters. The summed E-state index contributed by atoms with van der Waals surface area (Å²) in [7, 11) is 1.84. The van der Waals surface area contributed by atoms with Crippen LogP contribution in [0.15, 0.2) is 78.4 Å². The summed E-state index contributed by atoms with van der Waals surface area (Å²) in [5.41, 5.74) is 5.03. The number of aryl methyl sites for hydroxylation is 1. The minimum Gasteiger partial charge on any atom is -0.490 e. The van der Waals surface area contributed by atoms with Gasteiger partial charge >= 0.3 is 0 Å². The van der Waals surface area contributed by atoms with E-state index in [0.29, 0.717) is 38.9 Å². The number of carbonyl (C=O) groups excluding carboxylic acids is 2. The van der Waals surface area contributed by atoms with E-state index in [1.165, 1.54) is 5.56 Å². The summed E-state index contributed by atoms with van der Waals surface area (Å²) in [4.78, 5) is 29.8. The second kappa shape index (κ2) is 13.3. The predicted octanol–water partition coefficient (Wildman–Crippen LogP) is 5.02. The molecule has 2 heterocycles. The van der Waals surface area contributed by atoms with Gasteiger partial charge < -0.3 is 19.9 Å². The van der Waals surface area contributed by atoms with E-state index in [2.05, 4.69) is 29.6 Å². The monoisotopic (exact) mass is 573 g/mol. The fourth-order valence-corrected chi connectivity index (χ4v) is 5.79. The van der Waals surface area contributed by atoms with Crippen molar-refractivity contribution in [2.24, 2.45) is 0 Å². The molecule has 2 amide bonds. The zero-order valence-electron chi connectivity index (χ0n) is 24.1. The van der Waals surface area contributed by atoms with Gasteiger partial charge in [0.05, 0.1) is 12.6 Å². The Balaban J connectivity index is 1.30. The normalized spacial score (nSPS) is 18.1. The maximum atomic E-state index is 13.9. The molecule has 6 nitrogen and oxygen atoms in total. The van der Waals surface area contributed by atoms with E-state index in [1.807, 2.05) is 42.3 Å². The first-order chi connectivity index (χ1) is 20.3. The molecule has 1 fully saturated rings. The van der Waals surface area contributed by atoms with E-state index < -0.39 is 11.6 Å². The fourth-order valence-electron chi connectivity index (χ4n) is 5.79. The van der Waals surface area contributed by atoms with E-state index >= 15 is 0 Å². The molecular formula is C34H37F2N3O3. The molecule has 0 radical (unpaired) electrons. The molecule has 0 aliphatic carbocycles. The Morgan fingerprint density at radius 3 is 2.45 bits per heavy atom. The number of carbonyl (C=O) groups is 2. The lowest BCUT2D eigenvalue weighted by Gasteiger charge is -2.44. The van der Waals surface area contributed by atoms with Gasteiger partial charge in [-0.3, -0.25) is 9.59 Å². The van der Waals surface area contributed by atoms with Crippen LogP contribution in [0.3, 0.4) is 0 Å². The fraction of sp³-hybridized carbons (Fsp3) is 0.353. The number of amides is 2. The molecule has 2 aliphatic heterocycles. The van der Waals surface area contributed by atoms with Crippen LogP contribution in [0.4, 0.5) is 8.78 Å². The van der Waals surface area contributed by atoms with Crippen LogP contribution >= 0.6 is 0 Å². The molecule has 1 unspecified atom stereocenters. The van der Waals surface area contributed by atoms with Gasteiger partial charge in [-0.15, -0.1) is 0 Å². The van der Waals surface area contributed by atoms with Crippen molar-refractivity contribution in [3.63, 3.8) is 0 Å². The van der Waals surface area contributed by atoms with Crippen LogP contribution in [0, 0.1) is 11.6 Å². The summed E-state index contributed by atoms with van der Waals surface area (Å²) in [6.45, 7) is 3.52. The number of hydrogen-bond donors (Lipinski definition) is 1. The number of hydrogen-bond acceptors (Lipinski definition) is 4. The standard InChI is InChI=1S/C34H37F2N3O3/c1-23(40)39-21-28-20-29(33(31(22-39)37-28)34(41)38(2)17-16-24-7-4-3-5-8-24)26-12-10-25(11-13-26)9-6-18-42-32-19-27(35)14-15-30(32)36/h3-5,7-8,10-15,19,28,31,37H,6,9,16-18,20-22H2,1-2H3/t28?,31-/m1/s1. The van der Waals surface area contributed by atoms with Gasteiger partial charge in [0, 0.05) is 51.3 Å². The highest BCUT2D eigenvalue weighted by Crippen LogP contribution is 2.34. The van der Waals surface area contributed by atoms with Gasteiger partial charge in [0.25, 0.3) is 5.91 Å². The van der Waals surface area contributed by atoms with Crippen molar-refractivity contribution in [1.82, 2.24) is 15.1 Å². The number of fused-ring (bicyclic) bond motifs is 2. The van der Waals surface area contributed by atoms with E-state index in [4.69, 9.17) is 4.74 Å². The van der Waals surface area contributed by atoms with Gasteiger partial charge in [-0.25, -0.2) is 8.78 Å². The molecule has 1 N–H and O–H groups in total. The number of benzene rings is 3. The predicted molar refractivity (Wildman–Crippen MR) is 159 cm³/mol. The van der Waals surface area contributed by atoms with Gasteiger partial charge in [0.1, 0.15) is 5.82 Å². The van der Waals surface area contributed by atoms with Crippen molar-refractivity contribution >= 4 is 17.4 Å². The molecule has 2 aliphatic rings. The topological polar surface area (TPSA) is 61.9 Å². The van der Waals surface area contributed by atoms with E-state index in [-0.39, 0.29) is 36.3 Å². The molecule has 3 aromatic carbocycles. The maximum absolute atomic E-state index is 13.9. The molecule has 220 valence electrons. The molecular weight excluding hydrogens is 536 g/mol. The maximum Gasteiger partial charge on any atom is 0.251 e. The van der Waals surface area contributed by atoms with Crippen LogP contribution in [0.25, 0.3) is 5.57 Å². The lowest BCUT2D eigenvalue weighted by Crippen LogP contribution is -2.61. The highest BCUT2D eigenvalue weighted by Gasteiger charge is 2.39. The molecule has 3 aromatic rings. The second-order valence-electron chi connectivity index (χ2n) is 11.1. The third-order valence-corrected chi connectivity index (χ3v) is 8.07. The van der Waals surface area contributed by atoms with Crippen LogP contribution in [-0.4, -0.2) is 67.0 Å². The van der Waals surface area contributed by atoms with Crippen molar-refractivity contribution in [1.29, 1.82) is 0 Å². The number of ether oxygens (including phenoxy) is 1. The third-order valence-electron chi connectivity index (χ3n) is 8.07. The number of nitrogens with one attached hydrogen (secondary N) is 1. The average Bonchev–Trinajstić information content (AvgIpc) is 2.99. The van der Waals surface area contributed by atoms with Crippen LogP contribution in [0.5, 0.6) is 5.75 Å². The Bertz CT molecular complexity index is 1440. The van der Waals surface area contributed by atoms with E-state index in [9.17, 15) is 18.4 Å². The Morgan fingerprint density at radius 2 is 1.71 bits per heavy atom. The van der Waals surface area contributed by atoms with Gasteiger partial charge in [0.2, 0.25) is 5.91 Å². The number of piperazine rings is 1. The first-order valence-corrected chi connectivity index (χ1v) is 14.5. The Labute approximate surface area is 246 Å². The SMILES string of the molecule is CC(=O)N1CC2CC(c3ccc(CCCOc4cc(F)ccc4F)cc3)=C(C(=O)N(C)CCc3ccccc3)[C@@H](C1)N2.